The first-order valence-corrected chi connectivity index (χ1v) is 10.3. The van der Waals surface area contributed by atoms with Gasteiger partial charge in [-0.15, -0.1) is 0 Å². The molecule has 1 aliphatic heterocycles. The van der Waals surface area contributed by atoms with Gasteiger partial charge in [-0.05, 0) is 47.7 Å². The summed E-state index contributed by atoms with van der Waals surface area (Å²) in [5.74, 6) is -1.13. The van der Waals surface area contributed by atoms with Crippen LogP contribution in [0.1, 0.15) is 30.4 Å². The number of sulfonamides is 1. The monoisotopic (exact) mass is 391 g/mol. The molecule has 2 aromatic carbocycles. The second-order valence-electron chi connectivity index (χ2n) is 7.00. The van der Waals surface area contributed by atoms with Gasteiger partial charge in [0.15, 0.2) is 0 Å². The molecule has 1 fully saturated rings. The topological polar surface area (TPSA) is 74.7 Å². The number of nitrogens with zero attached hydrogens (tertiary/aromatic N) is 1. The molecule has 3 rings (SSSR count). The molecule has 2 unspecified atom stereocenters. The summed E-state index contributed by atoms with van der Waals surface area (Å²) in [6.45, 7) is 2.81. The van der Waals surface area contributed by atoms with Gasteiger partial charge < -0.3 is 5.11 Å². The highest BCUT2D eigenvalue weighted by molar-refractivity contribution is 7.89. The zero-order valence-electron chi connectivity index (χ0n) is 15.0. The first kappa shape index (κ1) is 19.5. The summed E-state index contributed by atoms with van der Waals surface area (Å²) in [6, 6.07) is 12.2. The van der Waals surface area contributed by atoms with Crippen LogP contribution in [0.25, 0.3) is 0 Å². The molecule has 1 heterocycles. The van der Waals surface area contributed by atoms with E-state index in [-0.39, 0.29) is 23.2 Å². The lowest BCUT2D eigenvalue weighted by Gasteiger charge is -2.36. The predicted octanol–water partition coefficient (Wildman–Crippen LogP) is 3.27. The summed E-state index contributed by atoms with van der Waals surface area (Å²) < 4.78 is 40.4. The van der Waals surface area contributed by atoms with E-state index in [1.807, 2.05) is 18.2 Å². The van der Waals surface area contributed by atoms with Crippen LogP contribution in [-0.4, -0.2) is 36.9 Å². The van der Waals surface area contributed by atoms with Crippen LogP contribution in [0.2, 0.25) is 0 Å². The lowest BCUT2D eigenvalue weighted by molar-refractivity contribution is -0.136. The van der Waals surface area contributed by atoms with Crippen molar-refractivity contribution in [2.24, 2.45) is 5.92 Å². The molecule has 5 nitrogen and oxygen atoms in total. The first-order chi connectivity index (χ1) is 12.8. The van der Waals surface area contributed by atoms with E-state index in [9.17, 15) is 17.6 Å². The number of benzene rings is 2. The lowest BCUT2D eigenvalue weighted by atomic mass is 9.82. The Hall–Kier alpha value is -2.25. The molecular formula is C20H22FNO4S. The number of aliphatic carboxylic acids is 1. The van der Waals surface area contributed by atoms with Crippen molar-refractivity contribution in [1.29, 1.82) is 0 Å². The predicted molar refractivity (Wildman–Crippen MR) is 99.5 cm³/mol. The highest BCUT2D eigenvalue weighted by Crippen LogP contribution is 2.35. The highest BCUT2D eigenvalue weighted by atomic mass is 32.2. The van der Waals surface area contributed by atoms with Crippen LogP contribution in [0, 0.1) is 11.7 Å². The Balaban J connectivity index is 1.86. The second-order valence-corrected chi connectivity index (χ2v) is 8.94. The molecule has 27 heavy (non-hydrogen) atoms. The number of halogens is 1. The molecule has 7 heteroatoms. The molecule has 0 bridgehead atoms. The molecular weight excluding hydrogens is 369 g/mol. The van der Waals surface area contributed by atoms with Gasteiger partial charge in [0, 0.05) is 19.0 Å². The van der Waals surface area contributed by atoms with Crippen LogP contribution in [0.4, 0.5) is 4.39 Å². The van der Waals surface area contributed by atoms with Crippen molar-refractivity contribution >= 4 is 16.0 Å². The molecule has 2 atom stereocenters. The maximum Gasteiger partial charge on any atom is 0.307 e. The Morgan fingerprint density at radius 3 is 2.59 bits per heavy atom. The van der Waals surface area contributed by atoms with Crippen LogP contribution in [0.3, 0.4) is 0 Å². The average molecular weight is 391 g/mol. The van der Waals surface area contributed by atoms with Crippen molar-refractivity contribution in [2.75, 3.05) is 13.1 Å². The van der Waals surface area contributed by atoms with Crippen molar-refractivity contribution in [1.82, 2.24) is 4.31 Å². The van der Waals surface area contributed by atoms with Crippen LogP contribution >= 0.6 is 0 Å². The minimum absolute atomic E-state index is 0.0253. The standard InChI is InChI=1S/C20H22FNO4S/c1-14-9-10-22(27(25,26)18-7-5-17(21)6-8-18)13-19(14)16-4-2-3-15(11-16)12-20(23)24/h2-8,11,14,19H,9-10,12-13H2,1H3,(H,23,24). The second kappa shape index (κ2) is 7.78. The molecule has 2 aromatic rings. The Morgan fingerprint density at radius 1 is 1.22 bits per heavy atom. The van der Waals surface area contributed by atoms with Crippen molar-refractivity contribution in [3.05, 3.63) is 65.5 Å². The fraction of sp³-hybridized carbons (Fsp3) is 0.350. The van der Waals surface area contributed by atoms with E-state index in [0.29, 0.717) is 25.1 Å². The van der Waals surface area contributed by atoms with Crippen molar-refractivity contribution in [3.63, 3.8) is 0 Å². The summed E-state index contributed by atoms with van der Waals surface area (Å²) in [5, 5.41) is 9.00. The molecule has 0 spiro atoms. The van der Waals surface area contributed by atoms with Crippen molar-refractivity contribution < 1.29 is 22.7 Å². The molecule has 0 amide bonds. The number of carboxylic acids is 1. The number of piperidine rings is 1. The molecule has 1 saturated heterocycles. The Bertz CT molecular complexity index is 927. The third-order valence-electron chi connectivity index (χ3n) is 5.11. The van der Waals surface area contributed by atoms with Gasteiger partial charge in [-0.25, -0.2) is 12.8 Å². The normalized spacial score (nSPS) is 21.1. The van der Waals surface area contributed by atoms with E-state index >= 15 is 0 Å². The van der Waals surface area contributed by atoms with Gasteiger partial charge in [-0.1, -0.05) is 31.2 Å². The maximum absolute atomic E-state index is 13.1. The van der Waals surface area contributed by atoms with Crippen molar-refractivity contribution in [2.45, 2.75) is 30.6 Å². The SMILES string of the molecule is CC1CCN(S(=O)(=O)c2ccc(F)cc2)CC1c1cccc(CC(=O)O)c1. The van der Waals surface area contributed by atoms with E-state index < -0.39 is 21.8 Å². The molecule has 0 radical (unpaired) electrons. The van der Waals surface area contributed by atoms with E-state index in [1.54, 1.807) is 6.07 Å². The fourth-order valence-corrected chi connectivity index (χ4v) is 5.04. The summed E-state index contributed by atoms with van der Waals surface area (Å²) in [7, 11) is -3.70. The van der Waals surface area contributed by atoms with Crippen LogP contribution in [0.15, 0.2) is 53.4 Å². The number of hydrogen-bond donors (Lipinski definition) is 1. The third-order valence-corrected chi connectivity index (χ3v) is 6.99. The van der Waals surface area contributed by atoms with E-state index in [2.05, 4.69) is 6.92 Å². The van der Waals surface area contributed by atoms with Crippen LogP contribution < -0.4 is 0 Å². The summed E-state index contributed by atoms with van der Waals surface area (Å²) in [5.41, 5.74) is 1.64. The van der Waals surface area contributed by atoms with Gasteiger partial charge in [0.05, 0.1) is 11.3 Å². The molecule has 1 aliphatic rings. The van der Waals surface area contributed by atoms with Crippen LogP contribution in [-0.2, 0) is 21.2 Å². The van der Waals surface area contributed by atoms with Gasteiger partial charge in [-0.3, -0.25) is 4.79 Å². The van der Waals surface area contributed by atoms with Crippen LogP contribution in [0.5, 0.6) is 0 Å². The number of carbonyl (C=O) groups is 1. The summed E-state index contributed by atoms with van der Waals surface area (Å²) >= 11 is 0. The Labute approximate surface area is 158 Å². The number of carboxylic acid groups (broad SMARTS) is 1. The molecule has 144 valence electrons. The van der Waals surface area contributed by atoms with Gasteiger partial charge in [0.25, 0.3) is 0 Å². The Morgan fingerprint density at radius 2 is 1.93 bits per heavy atom. The molecule has 0 aromatic heterocycles. The fourth-order valence-electron chi connectivity index (χ4n) is 3.56. The molecule has 0 aliphatic carbocycles. The maximum atomic E-state index is 13.1. The highest BCUT2D eigenvalue weighted by Gasteiger charge is 2.34. The molecule has 1 N–H and O–H groups in total. The quantitative estimate of drug-likeness (QED) is 0.849. The van der Waals surface area contributed by atoms with Gasteiger partial charge in [-0.2, -0.15) is 4.31 Å². The minimum atomic E-state index is -3.70. The largest absolute Gasteiger partial charge is 0.481 e. The van der Waals surface area contributed by atoms with E-state index in [1.165, 1.54) is 16.4 Å². The summed E-state index contributed by atoms with van der Waals surface area (Å²) in [4.78, 5) is 11.1. The smallest absolute Gasteiger partial charge is 0.307 e. The average Bonchev–Trinajstić information content (AvgIpc) is 2.62. The third kappa shape index (κ3) is 4.36. The van der Waals surface area contributed by atoms with E-state index in [0.717, 1.165) is 17.7 Å². The number of hydrogen-bond acceptors (Lipinski definition) is 3. The van der Waals surface area contributed by atoms with Gasteiger partial charge >= 0.3 is 5.97 Å². The first-order valence-electron chi connectivity index (χ1n) is 8.83. The minimum Gasteiger partial charge on any atom is -0.481 e. The zero-order valence-corrected chi connectivity index (χ0v) is 15.8. The van der Waals surface area contributed by atoms with E-state index in [4.69, 9.17) is 5.11 Å². The number of rotatable bonds is 5. The van der Waals surface area contributed by atoms with Gasteiger partial charge in [0.1, 0.15) is 5.82 Å². The lowest BCUT2D eigenvalue weighted by Crippen LogP contribution is -2.42. The van der Waals surface area contributed by atoms with Crippen molar-refractivity contribution in [3.8, 4) is 0 Å². The summed E-state index contributed by atoms with van der Waals surface area (Å²) in [6.07, 6.45) is 0.640. The van der Waals surface area contributed by atoms with Gasteiger partial charge in [0.2, 0.25) is 10.0 Å². The Kier molecular flexibility index (Phi) is 5.62. The zero-order chi connectivity index (χ0) is 19.6. The molecule has 0 saturated carbocycles.